The highest BCUT2D eigenvalue weighted by Crippen LogP contribution is 2.28. The monoisotopic (exact) mass is 249 g/mol. The summed E-state index contributed by atoms with van der Waals surface area (Å²) in [6.07, 6.45) is 0. The van der Waals surface area contributed by atoms with Crippen molar-refractivity contribution >= 4 is 11.3 Å². The van der Waals surface area contributed by atoms with Crippen molar-refractivity contribution in [2.75, 3.05) is 6.54 Å². The molecule has 0 aromatic carbocycles. The Kier molecular flexibility index (Phi) is 3.64. The average Bonchev–Trinajstić information content (AvgIpc) is 2.82. The maximum absolute atomic E-state index is 4.43. The van der Waals surface area contributed by atoms with Crippen molar-refractivity contribution in [3.05, 3.63) is 39.3 Å². The van der Waals surface area contributed by atoms with Crippen LogP contribution in [0.15, 0.2) is 17.5 Å². The van der Waals surface area contributed by atoms with Crippen LogP contribution in [0.5, 0.6) is 0 Å². The summed E-state index contributed by atoms with van der Waals surface area (Å²) in [5.74, 6) is 0. The SMILES string of the molecule is CCNC(c1ccsc1C)c1cc(C)nn1C. The highest BCUT2D eigenvalue weighted by atomic mass is 32.1. The molecule has 0 aliphatic heterocycles. The summed E-state index contributed by atoms with van der Waals surface area (Å²) in [7, 11) is 2.01. The van der Waals surface area contributed by atoms with Crippen LogP contribution >= 0.6 is 11.3 Å². The van der Waals surface area contributed by atoms with Crippen LogP contribution in [0.4, 0.5) is 0 Å². The van der Waals surface area contributed by atoms with Crippen molar-refractivity contribution < 1.29 is 0 Å². The molecule has 2 aromatic heterocycles. The lowest BCUT2D eigenvalue weighted by Gasteiger charge is -2.18. The van der Waals surface area contributed by atoms with E-state index in [1.54, 1.807) is 11.3 Å². The number of rotatable bonds is 4. The molecule has 1 unspecified atom stereocenters. The van der Waals surface area contributed by atoms with Crippen LogP contribution in [0.25, 0.3) is 0 Å². The molecular weight excluding hydrogens is 230 g/mol. The van der Waals surface area contributed by atoms with E-state index >= 15 is 0 Å². The zero-order chi connectivity index (χ0) is 12.4. The van der Waals surface area contributed by atoms with Crippen molar-refractivity contribution in [2.45, 2.75) is 26.8 Å². The first kappa shape index (κ1) is 12.3. The molecule has 2 heterocycles. The number of aryl methyl sites for hydroxylation is 3. The summed E-state index contributed by atoms with van der Waals surface area (Å²) in [6.45, 7) is 7.29. The fraction of sp³-hybridized carbons (Fsp3) is 0.462. The van der Waals surface area contributed by atoms with Gasteiger partial charge in [-0.25, -0.2) is 0 Å². The van der Waals surface area contributed by atoms with Gasteiger partial charge in [-0.3, -0.25) is 4.68 Å². The molecule has 2 rings (SSSR count). The van der Waals surface area contributed by atoms with Crippen LogP contribution in [-0.2, 0) is 7.05 Å². The maximum atomic E-state index is 4.43. The smallest absolute Gasteiger partial charge is 0.0758 e. The minimum atomic E-state index is 0.248. The van der Waals surface area contributed by atoms with E-state index in [2.05, 4.69) is 41.8 Å². The predicted molar refractivity (Wildman–Crippen MR) is 72.5 cm³/mol. The molecule has 1 atom stereocenters. The first-order chi connectivity index (χ1) is 8.13. The van der Waals surface area contributed by atoms with Crippen LogP contribution in [0.1, 0.15) is 34.8 Å². The second-order valence-corrected chi connectivity index (χ2v) is 5.38. The van der Waals surface area contributed by atoms with Gasteiger partial charge < -0.3 is 5.32 Å². The average molecular weight is 249 g/mol. The molecular formula is C13H19N3S. The Hall–Kier alpha value is -1.13. The highest BCUT2D eigenvalue weighted by molar-refractivity contribution is 7.10. The number of nitrogens with one attached hydrogen (secondary N) is 1. The van der Waals surface area contributed by atoms with Crippen molar-refractivity contribution in [1.29, 1.82) is 0 Å². The zero-order valence-electron chi connectivity index (χ0n) is 10.8. The molecule has 0 spiro atoms. The third kappa shape index (κ3) is 2.42. The largest absolute Gasteiger partial charge is 0.305 e. The zero-order valence-corrected chi connectivity index (χ0v) is 11.6. The summed E-state index contributed by atoms with van der Waals surface area (Å²) in [5, 5.41) is 10.1. The molecule has 2 aromatic rings. The summed E-state index contributed by atoms with van der Waals surface area (Å²) < 4.78 is 1.97. The van der Waals surface area contributed by atoms with Gasteiger partial charge in [0.2, 0.25) is 0 Å². The molecule has 0 fully saturated rings. The number of hydrogen-bond acceptors (Lipinski definition) is 3. The Morgan fingerprint density at radius 1 is 1.47 bits per heavy atom. The Labute approximate surface area is 106 Å². The van der Waals surface area contributed by atoms with E-state index in [0.717, 1.165) is 12.2 Å². The van der Waals surface area contributed by atoms with Crippen molar-refractivity contribution in [1.82, 2.24) is 15.1 Å². The maximum Gasteiger partial charge on any atom is 0.0758 e. The molecule has 0 aliphatic carbocycles. The first-order valence-corrected chi connectivity index (χ1v) is 6.79. The Bertz CT molecular complexity index is 498. The first-order valence-electron chi connectivity index (χ1n) is 5.91. The van der Waals surface area contributed by atoms with Gasteiger partial charge in [0, 0.05) is 11.9 Å². The summed E-state index contributed by atoms with van der Waals surface area (Å²) in [6, 6.07) is 4.61. The van der Waals surface area contributed by atoms with Crippen LogP contribution in [0, 0.1) is 13.8 Å². The van der Waals surface area contributed by atoms with Gasteiger partial charge in [0.1, 0.15) is 0 Å². The summed E-state index contributed by atoms with van der Waals surface area (Å²) in [4.78, 5) is 1.37. The van der Waals surface area contributed by atoms with Crippen molar-refractivity contribution in [3.8, 4) is 0 Å². The number of nitrogens with zero attached hydrogens (tertiary/aromatic N) is 2. The Balaban J connectivity index is 2.42. The lowest BCUT2D eigenvalue weighted by molar-refractivity contribution is 0.571. The normalized spacial score (nSPS) is 12.9. The Morgan fingerprint density at radius 2 is 2.24 bits per heavy atom. The van der Waals surface area contributed by atoms with E-state index in [9.17, 15) is 0 Å². The fourth-order valence-corrected chi connectivity index (χ4v) is 2.91. The van der Waals surface area contributed by atoms with Crippen LogP contribution < -0.4 is 5.32 Å². The minimum Gasteiger partial charge on any atom is -0.305 e. The van der Waals surface area contributed by atoms with Crippen LogP contribution in [0.3, 0.4) is 0 Å². The molecule has 0 saturated heterocycles. The highest BCUT2D eigenvalue weighted by Gasteiger charge is 2.19. The van der Waals surface area contributed by atoms with Gasteiger partial charge in [0.05, 0.1) is 17.4 Å². The third-order valence-corrected chi connectivity index (χ3v) is 3.81. The minimum absolute atomic E-state index is 0.248. The molecule has 1 N–H and O–H groups in total. The van der Waals surface area contributed by atoms with Gasteiger partial charge in [0.15, 0.2) is 0 Å². The predicted octanol–water partition coefficient (Wildman–Crippen LogP) is 2.80. The molecule has 0 radical (unpaired) electrons. The molecule has 0 aliphatic rings. The van der Waals surface area contributed by atoms with E-state index in [-0.39, 0.29) is 6.04 Å². The molecule has 0 amide bonds. The van der Waals surface area contributed by atoms with Gasteiger partial charge in [-0.05, 0) is 43.5 Å². The standard InChI is InChI=1S/C13H19N3S/c1-5-14-13(11-6-7-17-10(11)3)12-8-9(2)15-16(12)4/h6-8,13-14H,5H2,1-4H3. The van der Waals surface area contributed by atoms with Crippen molar-refractivity contribution in [2.24, 2.45) is 7.05 Å². The van der Waals surface area contributed by atoms with E-state index in [1.165, 1.54) is 16.1 Å². The molecule has 0 bridgehead atoms. The van der Waals surface area contributed by atoms with Crippen molar-refractivity contribution in [3.63, 3.8) is 0 Å². The van der Waals surface area contributed by atoms with Gasteiger partial charge in [0.25, 0.3) is 0 Å². The van der Waals surface area contributed by atoms with Crippen LogP contribution in [0.2, 0.25) is 0 Å². The van der Waals surface area contributed by atoms with Gasteiger partial charge >= 0.3 is 0 Å². The fourth-order valence-electron chi connectivity index (χ4n) is 2.17. The second-order valence-electron chi connectivity index (χ2n) is 4.26. The lowest BCUT2D eigenvalue weighted by atomic mass is 10.0. The van der Waals surface area contributed by atoms with E-state index in [4.69, 9.17) is 0 Å². The number of hydrogen-bond donors (Lipinski definition) is 1. The van der Waals surface area contributed by atoms with Crippen LogP contribution in [-0.4, -0.2) is 16.3 Å². The quantitative estimate of drug-likeness (QED) is 0.903. The second kappa shape index (κ2) is 5.02. The number of aromatic nitrogens is 2. The van der Waals surface area contributed by atoms with E-state index < -0.39 is 0 Å². The molecule has 0 saturated carbocycles. The van der Waals surface area contributed by atoms with Gasteiger partial charge in [-0.2, -0.15) is 5.10 Å². The lowest BCUT2D eigenvalue weighted by Crippen LogP contribution is -2.24. The molecule has 17 heavy (non-hydrogen) atoms. The topological polar surface area (TPSA) is 29.9 Å². The molecule has 92 valence electrons. The van der Waals surface area contributed by atoms with Gasteiger partial charge in [-0.15, -0.1) is 11.3 Å². The van der Waals surface area contributed by atoms with Gasteiger partial charge in [-0.1, -0.05) is 6.92 Å². The third-order valence-electron chi connectivity index (χ3n) is 2.95. The summed E-state index contributed by atoms with van der Waals surface area (Å²) >= 11 is 1.80. The Morgan fingerprint density at radius 3 is 2.71 bits per heavy atom. The van der Waals surface area contributed by atoms with E-state index in [1.807, 2.05) is 18.7 Å². The van der Waals surface area contributed by atoms with E-state index in [0.29, 0.717) is 0 Å². The summed E-state index contributed by atoms with van der Waals surface area (Å²) in [5.41, 5.74) is 3.66. The number of thiophene rings is 1. The molecule has 4 heteroatoms. The molecule has 3 nitrogen and oxygen atoms in total.